The van der Waals surface area contributed by atoms with Crippen LogP contribution in [0.1, 0.15) is 6.92 Å². The van der Waals surface area contributed by atoms with Gasteiger partial charge in [0.25, 0.3) is 0 Å². The number of carbonyl (C=O) groups is 1. The van der Waals surface area contributed by atoms with Crippen molar-refractivity contribution >= 4 is 23.7 Å². The second-order valence-corrected chi connectivity index (χ2v) is 3.55. The first kappa shape index (κ1) is 11.9. The van der Waals surface area contributed by atoms with Gasteiger partial charge in [-0.1, -0.05) is 23.7 Å². The van der Waals surface area contributed by atoms with E-state index in [0.29, 0.717) is 18.1 Å². The molecule has 0 saturated carbocycles. The third-order valence-corrected chi connectivity index (χ3v) is 2.47. The van der Waals surface area contributed by atoms with Crippen molar-refractivity contribution in [2.24, 2.45) is 0 Å². The van der Waals surface area contributed by atoms with Gasteiger partial charge in [-0.15, -0.1) is 0 Å². The molecule has 1 aromatic rings. The molecular weight excluding hydrogens is 212 g/mol. The summed E-state index contributed by atoms with van der Waals surface area (Å²) in [6.07, 6.45) is 0.855. The molecule has 0 spiro atoms. The lowest BCUT2D eigenvalue weighted by Crippen LogP contribution is -2.27. The zero-order valence-electron chi connectivity index (χ0n) is 8.74. The average Bonchev–Trinajstić information content (AvgIpc) is 2.27. The van der Waals surface area contributed by atoms with Gasteiger partial charge in [-0.05, 0) is 19.1 Å². The molecule has 0 radical (unpaired) electrons. The third-order valence-electron chi connectivity index (χ3n) is 2.14. The summed E-state index contributed by atoms with van der Waals surface area (Å²) in [6, 6.07) is 7.56. The van der Waals surface area contributed by atoms with E-state index in [0.717, 1.165) is 18.6 Å². The zero-order valence-corrected chi connectivity index (χ0v) is 9.50. The molecule has 15 heavy (non-hydrogen) atoms. The smallest absolute Gasteiger partial charge is 0.209 e. The maximum absolute atomic E-state index is 10.5. The lowest BCUT2D eigenvalue weighted by molar-refractivity contribution is -0.117. The van der Waals surface area contributed by atoms with Crippen molar-refractivity contribution in [3.8, 4) is 0 Å². The molecule has 4 heteroatoms. The minimum atomic E-state index is 0.686. The van der Waals surface area contributed by atoms with Crippen LogP contribution in [0.3, 0.4) is 0 Å². The first-order valence-electron chi connectivity index (χ1n) is 4.95. The first-order valence-corrected chi connectivity index (χ1v) is 5.33. The highest BCUT2D eigenvalue weighted by Gasteiger charge is 1.99. The normalized spacial score (nSPS) is 9.73. The van der Waals surface area contributed by atoms with Crippen LogP contribution in [0.2, 0.25) is 5.02 Å². The van der Waals surface area contributed by atoms with Gasteiger partial charge in [0.15, 0.2) is 0 Å². The number of halogens is 1. The van der Waals surface area contributed by atoms with Crippen molar-refractivity contribution in [2.75, 3.05) is 25.0 Å². The molecule has 1 aromatic carbocycles. The molecule has 82 valence electrons. The number of rotatable bonds is 6. The lowest BCUT2D eigenvalue weighted by atomic mass is 10.3. The Labute approximate surface area is 95.0 Å². The van der Waals surface area contributed by atoms with Crippen LogP contribution in [0.15, 0.2) is 24.3 Å². The van der Waals surface area contributed by atoms with E-state index in [4.69, 9.17) is 11.6 Å². The molecule has 0 atom stereocenters. The van der Waals surface area contributed by atoms with E-state index in [-0.39, 0.29) is 0 Å². The standard InChI is InChI=1S/C11H15ClN2O/c1-2-14(9-15)8-7-13-11-6-4-3-5-10(11)12/h3-6,9,13H,2,7-8H2,1H3. The Balaban J connectivity index is 2.37. The summed E-state index contributed by atoms with van der Waals surface area (Å²) in [5.41, 5.74) is 0.904. The molecule has 0 aromatic heterocycles. The van der Waals surface area contributed by atoms with Gasteiger partial charge in [0.05, 0.1) is 10.7 Å². The van der Waals surface area contributed by atoms with E-state index in [2.05, 4.69) is 5.32 Å². The molecule has 0 heterocycles. The van der Waals surface area contributed by atoms with Crippen LogP contribution in [0, 0.1) is 0 Å². The number of likely N-dealkylation sites (N-methyl/N-ethyl adjacent to an activating group) is 1. The second kappa shape index (κ2) is 6.30. The summed E-state index contributed by atoms with van der Waals surface area (Å²) >= 11 is 5.96. The highest BCUT2D eigenvalue weighted by atomic mass is 35.5. The number of carbonyl (C=O) groups excluding carboxylic acids is 1. The fourth-order valence-corrected chi connectivity index (χ4v) is 1.43. The van der Waals surface area contributed by atoms with Crippen molar-refractivity contribution in [1.29, 1.82) is 0 Å². The van der Waals surface area contributed by atoms with E-state index in [9.17, 15) is 4.79 Å². The monoisotopic (exact) mass is 226 g/mol. The molecule has 0 bridgehead atoms. The van der Waals surface area contributed by atoms with Crippen molar-refractivity contribution in [1.82, 2.24) is 4.90 Å². The van der Waals surface area contributed by atoms with Crippen LogP contribution in [0.4, 0.5) is 5.69 Å². The predicted octanol–water partition coefficient (Wildman–Crippen LogP) is 2.23. The molecule has 0 saturated heterocycles. The maximum Gasteiger partial charge on any atom is 0.209 e. The molecule has 0 unspecified atom stereocenters. The Kier molecular flexibility index (Phi) is 4.98. The summed E-state index contributed by atoms with van der Waals surface area (Å²) in [7, 11) is 0. The SMILES string of the molecule is CCN(C=O)CCNc1ccccc1Cl. The van der Waals surface area contributed by atoms with Crippen LogP contribution < -0.4 is 5.32 Å². The molecule has 0 aliphatic heterocycles. The Morgan fingerprint density at radius 2 is 2.20 bits per heavy atom. The van der Waals surface area contributed by atoms with E-state index in [1.165, 1.54) is 0 Å². The number of nitrogens with one attached hydrogen (secondary N) is 1. The number of hydrogen-bond donors (Lipinski definition) is 1. The van der Waals surface area contributed by atoms with Crippen molar-refractivity contribution in [3.05, 3.63) is 29.3 Å². The summed E-state index contributed by atoms with van der Waals surface area (Å²) in [6.45, 7) is 4.07. The molecule has 1 rings (SSSR count). The largest absolute Gasteiger partial charge is 0.382 e. The molecule has 1 N–H and O–H groups in total. The van der Waals surface area contributed by atoms with Crippen LogP contribution in [0.5, 0.6) is 0 Å². The van der Waals surface area contributed by atoms with Crippen molar-refractivity contribution in [2.45, 2.75) is 6.92 Å². The van der Waals surface area contributed by atoms with Gasteiger partial charge in [-0.2, -0.15) is 0 Å². The predicted molar refractivity (Wildman–Crippen MR) is 63.3 cm³/mol. The average molecular weight is 227 g/mol. The lowest BCUT2D eigenvalue weighted by Gasteiger charge is -2.15. The van der Waals surface area contributed by atoms with E-state index in [1.807, 2.05) is 31.2 Å². The number of benzene rings is 1. The van der Waals surface area contributed by atoms with Gasteiger partial charge in [0.2, 0.25) is 6.41 Å². The molecule has 0 fully saturated rings. The van der Waals surface area contributed by atoms with E-state index in [1.54, 1.807) is 4.90 Å². The molecule has 3 nitrogen and oxygen atoms in total. The molecular formula is C11H15ClN2O. The van der Waals surface area contributed by atoms with Crippen LogP contribution >= 0.6 is 11.6 Å². The fraction of sp³-hybridized carbons (Fsp3) is 0.364. The number of nitrogens with zero attached hydrogens (tertiary/aromatic N) is 1. The Morgan fingerprint density at radius 3 is 2.80 bits per heavy atom. The van der Waals surface area contributed by atoms with Crippen LogP contribution in [-0.2, 0) is 4.79 Å². The minimum absolute atomic E-state index is 0.686. The zero-order chi connectivity index (χ0) is 11.1. The number of anilines is 1. The van der Waals surface area contributed by atoms with Gasteiger partial charge in [0, 0.05) is 19.6 Å². The Morgan fingerprint density at radius 1 is 1.47 bits per heavy atom. The topological polar surface area (TPSA) is 32.3 Å². The second-order valence-electron chi connectivity index (χ2n) is 3.14. The highest BCUT2D eigenvalue weighted by molar-refractivity contribution is 6.33. The minimum Gasteiger partial charge on any atom is -0.382 e. The third kappa shape index (κ3) is 3.80. The van der Waals surface area contributed by atoms with Gasteiger partial charge >= 0.3 is 0 Å². The van der Waals surface area contributed by atoms with E-state index >= 15 is 0 Å². The summed E-state index contributed by atoms with van der Waals surface area (Å²) in [5, 5.41) is 3.88. The number of amides is 1. The molecule has 1 amide bonds. The first-order chi connectivity index (χ1) is 7.27. The van der Waals surface area contributed by atoms with Gasteiger partial charge in [0.1, 0.15) is 0 Å². The van der Waals surface area contributed by atoms with Crippen molar-refractivity contribution < 1.29 is 4.79 Å². The maximum atomic E-state index is 10.5. The Hall–Kier alpha value is -1.22. The van der Waals surface area contributed by atoms with E-state index < -0.39 is 0 Å². The quantitative estimate of drug-likeness (QED) is 0.755. The van der Waals surface area contributed by atoms with Crippen molar-refractivity contribution in [3.63, 3.8) is 0 Å². The van der Waals surface area contributed by atoms with Crippen LogP contribution in [-0.4, -0.2) is 30.9 Å². The summed E-state index contributed by atoms with van der Waals surface area (Å²) in [4.78, 5) is 12.2. The van der Waals surface area contributed by atoms with Gasteiger partial charge in [-0.3, -0.25) is 4.79 Å². The summed E-state index contributed by atoms with van der Waals surface area (Å²) < 4.78 is 0. The Bertz CT molecular complexity index is 317. The number of hydrogen-bond acceptors (Lipinski definition) is 2. The molecule has 0 aliphatic rings. The molecule has 0 aliphatic carbocycles. The number of para-hydroxylation sites is 1. The van der Waals surface area contributed by atoms with Crippen LogP contribution in [0.25, 0.3) is 0 Å². The fourth-order valence-electron chi connectivity index (χ4n) is 1.22. The van der Waals surface area contributed by atoms with Gasteiger partial charge in [-0.25, -0.2) is 0 Å². The van der Waals surface area contributed by atoms with Gasteiger partial charge < -0.3 is 10.2 Å². The highest BCUT2D eigenvalue weighted by Crippen LogP contribution is 2.19. The summed E-state index contributed by atoms with van der Waals surface area (Å²) in [5.74, 6) is 0.